The van der Waals surface area contributed by atoms with Crippen molar-refractivity contribution in [3.63, 3.8) is 0 Å². The van der Waals surface area contributed by atoms with Crippen LogP contribution in [0.1, 0.15) is 24.2 Å². The molecule has 98 valence electrons. The van der Waals surface area contributed by atoms with E-state index in [2.05, 4.69) is 4.99 Å². The smallest absolute Gasteiger partial charge is 0.335 e. The first-order valence-electron chi connectivity index (χ1n) is 5.70. The minimum absolute atomic E-state index is 0.101. The maximum absolute atomic E-state index is 13.2. The van der Waals surface area contributed by atoms with Crippen LogP contribution in [0.4, 0.5) is 4.39 Å². The summed E-state index contributed by atoms with van der Waals surface area (Å²) >= 11 is 0. The first kappa shape index (κ1) is 13.0. The van der Waals surface area contributed by atoms with Crippen LogP contribution in [0.2, 0.25) is 0 Å². The van der Waals surface area contributed by atoms with Gasteiger partial charge in [0, 0.05) is 0 Å². The van der Waals surface area contributed by atoms with Crippen molar-refractivity contribution < 1.29 is 18.7 Å². The largest absolute Gasteiger partial charge is 0.473 e. The molecule has 1 aromatic carbocycles. The molecule has 0 amide bonds. The number of esters is 1. The zero-order valence-corrected chi connectivity index (χ0v) is 10.2. The summed E-state index contributed by atoms with van der Waals surface area (Å²) in [5, 5.41) is 8.79. The van der Waals surface area contributed by atoms with Gasteiger partial charge in [-0.15, -0.1) is 0 Å². The average Bonchev–Trinajstić information content (AvgIpc) is 2.89. The van der Waals surface area contributed by atoms with E-state index in [0.717, 1.165) is 6.07 Å². The first-order chi connectivity index (χ1) is 9.17. The molecule has 6 heteroatoms. The van der Waals surface area contributed by atoms with Gasteiger partial charge in [-0.3, -0.25) is 0 Å². The maximum Gasteiger partial charge on any atom is 0.335 e. The van der Waals surface area contributed by atoms with Gasteiger partial charge in [0.1, 0.15) is 11.9 Å². The molecule has 1 heterocycles. The van der Waals surface area contributed by atoms with Crippen LogP contribution in [0.25, 0.3) is 0 Å². The molecule has 19 heavy (non-hydrogen) atoms. The summed E-state index contributed by atoms with van der Waals surface area (Å²) in [6.07, 6.45) is 0.480. The number of halogens is 1. The second-order valence-corrected chi connectivity index (χ2v) is 3.86. The Kier molecular flexibility index (Phi) is 3.76. The van der Waals surface area contributed by atoms with Crippen LogP contribution in [-0.4, -0.2) is 25.0 Å². The molecule has 5 nitrogen and oxygen atoms in total. The molecule has 0 fully saturated rings. The third-order valence-corrected chi connectivity index (χ3v) is 2.68. The number of carbonyl (C=O) groups excluding carboxylic acids is 1. The molecule has 1 aromatic rings. The van der Waals surface area contributed by atoms with Gasteiger partial charge < -0.3 is 9.47 Å². The molecule has 2 unspecified atom stereocenters. The molecular weight excluding hydrogens is 251 g/mol. The van der Waals surface area contributed by atoms with Crippen molar-refractivity contribution in [2.24, 2.45) is 4.99 Å². The lowest BCUT2D eigenvalue weighted by atomic mass is 10.0. The van der Waals surface area contributed by atoms with Gasteiger partial charge in [-0.1, -0.05) is 6.07 Å². The molecule has 0 N–H and O–H groups in total. The van der Waals surface area contributed by atoms with Crippen LogP contribution >= 0.6 is 0 Å². The number of hydrogen-bond donors (Lipinski definition) is 0. The molecule has 0 bridgehead atoms. The summed E-state index contributed by atoms with van der Waals surface area (Å²) in [5.41, 5.74) is 0.407. The molecule has 0 aromatic heterocycles. The summed E-state index contributed by atoms with van der Waals surface area (Å²) in [7, 11) is 0. The highest BCUT2D eigenvalue weighted by atomic mass is 19.1. The highest BCUT2D eigenvalue weighted by Crippen LogP contribution is 2.28. The fourth-order valence-corrected chi connectivity index (χ4v) is 1.80. The maximum atomic E-state index is 13.2. The molecule has 0 aliphatic carbocycles. The van der Waals surface area contributed by atoms with Gasteiger partial charge in [0.25, 0.3) is 0 Å². The Morgan fingerprint density at radius 3 is 3.11 bits per heavy atom. The van der Waals surface area contributed by atoms with Crippen LogP contribution in [0, 0.1) is 17.1 Å². The zero-order chi connectivity index (χ0) is 13.8. The Hall–Kier alpha value is -2.42. The monoisotopic (exact) mass is 262 g/mol. The van der Waals surface area contributed by atoms with Crippen molar-refractivity contribution in [1.82, 2.24) is 0 Å². The highest BCUT2D eigenvalue weighted by Gasteiger charge is 2.35. The van der Waals surface area contributed by atoms with E-state index >= 15 is 0 Å². The SMILES string of the molecule is CCOC(=O)C1N=COC1c1ccc(F)c(C#N)c1. The minimum atomic E-state index is -0.822. The number of nitriles is 1. The van der Waals surface area contributed by atoms with Crippen molar-refractivity contribution in [2.75, 3.05) is 6.61 Å². The third kappa shape index (κ3) is 2.55. The van der Waals surface area contributed by atoms with E-state index in [1.165, 1.54) is 18.5 Å². The fourth-order valence-electron chi connectivity index (χ4n) is 1.80. The molecule has 2 rings (SSSR count). The quantitative estimate of drug-likeness (QED) is 0.778. The van der Waals surface area contributed by atoms with E-state index in [4.69, 9.17) is 14.7 Å². The van der Waals surface area contributed by atoms with Crippen molar-refractivity contribution in [2.45, 2.75) is 19.1 Å². The topological polar surface area (TPSA) is 71.7 Å². The molecule has 0 saturated heterocycles. The number of benzene rings is 1. The normalized spacial score (nSPS) is 20.7. The molecular formula is C13H11FN2O3. The molecule has 2 atom stereocenters. The summed E-state index contributed by atoms with van der Waals surface area (Å²) in [4.78, 5) is 15.6. The summed E-state index contributed by atoms with van der Waals surface area (Å²) in [6.45, 7) is 1.93. The van der Waals surface area contributed by atoms with Crippen molar-refractivity contribution in [3.05, 3.63) is 35.1 Å². The average molecular weight is 262 g/mol. The van der Waals surface area contributed by atoms with Gasteiger partial charge in [-0.25, -0.2) is 14.2 Å². The second-order valence-electron chi connectivity index (χ2n) is 3.86. The van der Waals surface area contributed by atoms with Crippen molar-refractivity contribution in [1.29, 1.82) is 5.26 Å². The van der Waals surface area contributed by atoms with Crippen LogP contribution in [0.15, 0.2) is 23.2 Å². The Labute approximate surface area is 109 Å². The number of carbonyl (C=O) groups is 1. The Balaban J connectivity index is 2.27. The fraction of sp³-hybridized carbons (Fsp3) is 0.308. The van der Waals surface area contributed by atoms with Gasteiger partial charge in [-0.05, 0) is 24.6 Å². The predicted octanol–water partition coefficient (Wildman–Crippen LogP) is 1.73. The van der Waals surface area contributed by atoms with Gasteiger partial charge in [-0.2, -0.15) is 5.26 Å². The Morgan fingerprint density at radius 1 is 1.63 bits per heavy atom. The van der Waals surface area contributed by atoms with Gasteiger partial charge in [0.15, 0.2) is 18.5 Å². The van der Waals surface area contributed by atoms with E-state index < -0.39 is 23.9 Å². The molecule has 0 spiro atoms. The van der Waals surface area contributed by atoms with Gasteiger partial charge in [0.2, 0.25) is 0 Å². The van der Waals surface area contributed by atoms with E-state index in [-0.39, 0.29) is 12.2 Å². The van der Waals surface area contributed by atoms with Crippen molar-refractivity contribution >= 4 is 12.4 Å². The summed E-state index contributed by atoms with van der Waals surface area (Å²) in [5.74, 6) is -1.12. The third-order valence-electron chi connectivity index (χ3n) is 2.68. The van der Waals surface area contributed by atoms with Gasteiger partial charge >= 0.3 is 5.97 Å². The molecule has 0 saturated carbocycles. The second kappa shape index (κ2) is 5.48. The number of nitrogens with zero attached hydrogens (tertiary/aromatic N) is 2. The van der Waals surface area contributed by atoms with Crippen LogP contribution in [0.5, 0.6) is 0 Å². The lowest BCUT2D eigenvalue weighted by Crippen LogP contribution is -2.26. The zero-order valence-electron chi connectivity index (χ0n) is 10.2. The standard InChI is InChI=1S/C13H11FN2O3/c1-2-18-13(17)11-12(19-7-16-11)8-3-4-10(14)9(5-8)6-15/h3-5,7,11-12H,2H2,1H3. The first-order valence-corrected chi connectivity index (χ1v) is 5.70. The number of rotatable bonds is 3. The predicted molar refractivity (Wildman–Crippen MR) is 63.9 cm³/mol. The van der Waals surface area contributed by atoms with E-state index in [0.29, 0.717) is 5.56 Å². The van der Waals surface area contributed by atoms with Crippen LogP contribution in [-0.2, 0) is 14.3 Å². The van der Waals surface area contributed by atoms with E-state index in [9.17, 15) is 9.18 Å². The highest BCUT2D eigenvalue weighted by molar-refractivity contribution is 5.80. The minimum Gasteiger partial charge on any atom is -0.473 e. The summed E-state index contributed by atoms with van der Waals surface area (Å²) < 4.78 is 23.4. The van der Waals surface area contributed by atoms with Crippen LogP contribution in [0.3, 0.4) is 0 Å². The van der Waals surface area contributed by atoms with E-state index in [1.807, 2.05) is 0 Å². The number of ether oxygens (including phenoxy) is 2. The number of hydrogen-bond acceptors (Lipinski definition) is 5. The van der Waals surface area contributed by atoms with E-state index in [1.54, 1.807) is 13.0 Å². The summed E-state index contributed by atoms with van der Waals surface area (Å²) in [6, 6.07) is 4.89. The lowest BCUT2D eigenvalue weighted by Gasteiger charge is -2.16. The molecule has 1 aliphatic heterocycles. The lowest BCUT2D eigenvalue weighted by molar-refractivity contribution is -0.146. The van der Waals surface area contributed by atoms with Crippen LogP contribution < -0.4 is 0 Å². The van der Waals surface area contributed by atoms with Gasteiger partial charge in [0.05, 0.1) is 12.2 Å². The number of aliphatic imine (C=N–C) groups is 1. The Bertz CT molecular complexity index is 565. The Morgan fingerprint density at radius 2 is 2.42 bits per heavy atom. The molecule has 1 aliphatic rings. The molecule has 0 radical (unpaired) electrons. The van der Waals surface area contributed by atoms with Crippen molar-refractivity contribution in [3.8, 4) is 6.07 Å².